The second kappa shape index (κ2) is 7.20. The molecule has 15 heavy (non-hydrogen) atoms. The van der Waals surface area contributed by atoms with Crippen LogP contribution in [0.25, 0.3) is 0 Å². The number of hydrogen-bond acceptors (Lipinski definition) is 4. The van der Waals surface area contributed by atoms with Gasteiger partial charge in [0.2, 0.25) is 0 Å². The summed E-state index contributed by atoms with van der Waals surface area (Å²) in [4.78, 5) is 4.06. The van der Waals surface area contributed by atoms with Crippen molar-refractivity contribution in [3.8, 4) is 5.75 Å². The maximum absolute atomic E-state index is 5.63. The molecule has 0 saturated heterocycles. The summed E-state index contributed by atoms with van der Waals surface area (Å²) in [5.74, 6) is 0.899. The fourth-order valence-corrected chi connectivity index (χ4v) is 1.26. The maximum Gasteiger partial charge on any atom is 0.126 e. The number of nitrogens with zero attached hydrogens (tertiary/aromatic N) is 1. The molecule has 0 aliphatic carbocycles. The molecule has 0 aromatic carbocycles. The van der Waals surface area contributed by atoms with Crippen molar-refractivity contribution in [2.24, 2.45) is 0 Å². The van der Waals surface area contributed by atoms with Crippen molar-refractivity contribution >= 4 is 0 Å². The molecule has 1 aromatic heterocycles. The van der Waals surface area contributed by atoms with Gasteiger partial charge in [-0.3, -0.25) is 4.98 Å². The number of methoxy groups -OCH3 is 1. The Labute approximate surface area is 90.6 Å². The van der Waals surface area contributed by atoms with Gasteiger partial charge >= 0.3 is 0 Å². The highest BCUT2D eigenvalue weighted by atomic mass is 16.5. The molecule has 0 saturated carbocycles. The smallest absolute Gasteiger partial charge is 0.126 e. The van der Waals surface area contributed by atoms with E-state index in [1.807, 2.05) is 19.3 Å². The van der Waals surface area contributed by atoms with E-state index >= 15 is 0 Å². The van der Waals surface area contributed by atoms with Crippen molar-refractivity contribution in [2.45, 2.75) is 13.0 Å². The predicted molar refractivity (Wildman–Crippen MR) is 59.0 cm³/mol. The highest BCUT2D eigenvalue weighted by Gasteiger charge is 2.01. The average Bonchev–Trinajstić information content (AvgIpc) is 2.27. The molecule has 0 unspecified atom stereocenters. The second-order valence-corrected chi connectivity index (χ2v) is 3.21. The summed E-state index contributed by atoms with van der Waals surface area (Å²) >= 11 is 0. The van der Waals surface area contributed by atoms with Crippen molar-refractivity contribution in [1.82, 2.24) is 10.3 Å². The van der Waals surface area contributed by atoms with E-state index < -0.39 is 0 Å². The number of hydrogen-bond donors (Lipinski definition) is 1. The van der Waals surface area contributed by atoms with E-state index in [0.29, 0.717) is 6.61 Å². The molecule has 0 aliphatic rings. The topological polar surface area (TPSA) is 43.4 Å². The lowest BCUT2D eigenvalue weighted by atomic mass is 10.2. The zero-order chi connectivity index (χ0) is 10.9. The van der Waals surface area contributed by atoms with Crippen molar-refractivity contribution in [1.29, 1.82) is 0 Å². The molecule has 84 valence electrons. The van der Waals surface area contributed by atoms with E-state index in [-0.39, 0.29) is 0 Å². The number of rotatable bonds is 7. The first kappa shape index (κ1) is 11.9. The van der Waals surface area contributed by atoms with E-state index in [9.17, 15) is 0 Å². The Kier molecular flexibility index (Phi) is 5.73. The lowest BCUT2D eigenvalue weighted by Gasteiger charge is -2.10. The van der Waals surface area contributed by atoms with Crippen molar-refractivity contribution in [3.05, 3.63) is 24.0 Å². The molecule has 0 spiro atoms. The first-order chi connectivity index (χ1) is 7.38. The maximum atomic E-state index is 5.63. The van der Waals surface area contributed by atoms with Gasteiger partial charge in [0.15, 0.2) is 0 Å². The highest BCUT2D eigenvalue weighted by molar-refractivity contribution is 5.29. The molecule has 1 rings (SSSR count). The van der Waals surface area contributed by atoms with Crippen molar-refractivity contribution in [2.75, 3.05) is 27.4 Å². The molecule has 4 nitrogen and oxygen atoms in total. The zero-order valence-corrected chi connectivity index (χ0v) is 9.32. The largest absolute Gasteiger partial charge is 0.493 e. The highest BCUT2D eigenvalue weighted by Crippen LogP contribution is 2.16. The molecular weight excluding hydrogens is 192 g/mol. The minimum absolute atomic E-state index is 0.675. The van der Waals surface area contributed by atoms with Crippen LogP contribution in [-0.4, -0.2) is 32.4 Å². The molecule has 1 aromatic rings. The number of aromatic nitrogens is 1. The van der Waals surface area contributed by atoms with Crippen molar-refractivity contribution in [3.63, 3.8) is 0 Å². The number of pyridine rings is 1. The number of ether oxygens (including phenoxy) is 2. The summed E-state index contributed by atoms with van der Waals surface area (Å²) in [7, 11) is 3.60. The Bertz CT molecular complexity index is 279. The Morgan fingerprint density at radius 3 is 3.00 bits per heavy atom. The molecule has 1 N–H and O–H groups in total. The fraction of sp³-hybridized carbons (Fsp3) is 0.545. The monoisotopic (exact) mass is 210 g/mol. The van der Waals surface area contributed by atoms with E-state index in [2.05, 4.69) is 10.3 Å². The van der Waals surface area contributed by atoms with Gasteiger partial charge in [0.25, 0.3) is 0 Å². The van der Waals surface area contributed by atoms with Crippen LogP contribution in [0.4, 0.5) is 0 Å². The summed E-state index contributed by atoms with van der Waals surface area (Å²) in [5.41, 5.74) is 1.08. The molecule has 0 fully saturated rings. The van der Waals surface area contributed by atoms with Crippen LogP contribution in [0.2, 0.25) is 0 Å². The van der Waals surface area contributed by atoms with Crippen LogP contribution in [0.1, 0.15) is 12.0 Å². The normalized spacial score (nSPS) is 10.3. The molecule has 0 bridgehead atoms. The van der Waals surface area contributed by atoms with Gasteiger partial charge in [-0.15, -0.1) is 0 Å². The van der Waals surface area contributed by atoms with Gasteiger partial charge in [0.05, 0.1) is 6.61 Å². The molecule has 0 amide bonds. The second-order valence-electron chi connectivity index (χ2n) is 3.21. The summed E-state index contributed by atoms with van der Waals surface area (Å²) in [6.45, 7) is 2.18. The zero-order valence-electron chi connectivity index (χ0n) is 9.32. The minimum Gasteiger partial charge on any atom is -0.493 e. The van der Waals surface area contributed by atoms with Crippen LogP contribution in [0.3, 0.4) is 0 Å². The quantitative estimate of drug-likeness (QED) is 0.687. The van der Waals surface area contributed by atoms with Crippen LogP contribution in [-0.2, 0) is 11.3 Å². The third kappa shape index (κ3) is 4.27. The van der Waals surface area contributed by atoms with Crippen LogP contribution >= 0.6 is 0 Å². The fourth-order valence-electron chi connectivity index (χ4n) is 1.26. The summed E-state index contributed by atoms with van der Waals surface area (Å²) in [6, 6.07) is 1.89. The summed E-state index contributed by atoms with van der Waals surface area (Å²) < 4.78 is 10.6. The SMILES string of the molecule is CNCc1cnccc1OCCCOC. The van der Waals surface area contributed by atoms with Crippen LogP contribution in [0, 0.1) is 0 Å². The number of nitrogens with one attached hydrogen (secondary N) is 1. The molecule has 1 heterocycles. The molecule has 0 aliphatic heterocycles. The molecule has 4 heteroatoms. The standard InChI is InChI=1S/C11H18N2O2/c1-12-8-10-9-13-5-4-11(10)15-7-3-6-14-2/h4-5,9,12H,3,6-8H2,1-2H3. The van der Waals surface area contributed by atoms with E-state index in [0.717, 1.165) is 30.9 Å². The average molecular weight is 210 g/mol. The minimum atomic E-state index is 0.675. The Balaban J connectivity index is 2.44. The van der Waals surface area contributed by atoms with Gasteiger partial charge in [-0.2, -0.15) is 0 Å². The summed E-state index contributed by atoms with van der Waals surface area (Å²) in [6.07, 6.45) is 4.46. The van der Waals surface area contributed by atoms with E-state index in [1.54, 1.807) is 13.3 Å². The van der Waals surface area contributed by atoms with Crippen LogP contribution < -0.4 is 10.1 Å². The van der Waals surface area contributed by atoms with Gasteiger partial charge in [-0.05, 0) is 13.1 Å². The van der Waals surface area contributed by atoms with Gasteiger partial charge in [-0.25, -0.2) is 0 Å². The summed E-state index contributed by atoms with van der Waals surface area (Å²) in [5, 5.41) is 3.08. The Morgan fingerprint density at radius 2 is 2.27 bits per heavy atom. The Hall–Kier alpha value is -1.13. The molecular formula is C11H18N2O2. The van der Waals surface area contributed by atoms with Gasteiger partial charge in [-0.1, -0.05) is 0 Å². The van der Waals surface area contributed by atoms with Crippen LogP contribution in [0.15, 0.2) is 18.5 Å². The third-order valence-electron chi connectivity index (χ3n) is 1.98. The first-order valence-electron chi connectivity index (χ1n) is 5.07. The van der Waals surface area contributed by atoms with Gasteiger partial charge in [0, 0.05) is 44.6 Å². The third-order valence-corrected chi connectivity index (χ3v) is 1.98. The van der Waals surface area contributed by atoms with E-state index in [1.165, 1.54) is 0 Å². The lowest BCUT2D eigenvalue weighted by molar-refractivity contribution is 0.171. The van der Waals surface area contributed by atoms with Crippen molar-refractivity contribution < 1.29 is 9.47 Å². The predicted octanol–water partition coefficient (Wildman–Crippen LogP) is 1.22. The van der Waals surface area contributed by atoms with Gasteiger partial charge < -0.3 is 14.8 Å². The Morgan fingerprint density at radius 1 is 1.40 bits per heavy atom. The van der Waals surface area contributed by atoms with Crippen LogP contribution in [0.5, 0.6) is 5.75 Å². The first-order valence-corrected chi connectivity index (χ1v) is 5.07. The van der Waals surface area contributed by atoms with E-state index in [4.69, 9.17) is 9.47 Å². The van der Waals surface area contributed by atoms with Gasteiger partial charge in [0.1, 0.15) is 5.75 Å². The molecule has 0 atom stereocenters. The molecule has 0 radical (unpaired) electrons. The lowest BCUT2D eigenvalue weighted by Crippen LogP contribution is -2.09.